The third-order valence-corrected chi connectivity index (χ3v) is 4.85. The number of carbonyl (C=O) groups is 1. The van der Waals surface area contributed by atoms with E-state index in [2.05, 4.69) is 0 Å². The number of benzene rings is 1. The molecule has 1 rings (SSSR count). The largest absolute Gasteiger partial charge is 0.481 e. The summed E-state index contributed by atoms with van der Waals surface area (Å²) in [6, 6.07) is 5.60. The van der Waals surface area contributed by atoms with Crippen LogP contribution in [0.15, 0.2) is 18.2 Å². The van der Waals surface area contributed by atoms with E-state index in [0.717, 1.165) is 11.1 Å². The standard InChI is InChI=1S/C13H18O4S/c1-9-4-10(2)6-12(5-9)8-18(16,17)11(3)7-13(14)15/h4-6,11H,7-8H2,1-3H3,(H,14,15). The smallest absolute Gasteiger partial charge is 0.304 e. The molecule has 0 aromatic heterocycles. The van der Waals surface area contributed by atoms with Crippen molar-refractivity contribution in [1.82, 2.24) is 0 Å². The Labute approximate surface area is 108 Å². The number of aliphatic carboxylic acids is 1. The third kappa shape index (κ3) is 4.14. The zero-order valence-corrected chi connectivity index (χ0v) is 11.6. The molecule has 1 unspecified atom stereocenters. The van der Waals surface area contributed by atoms with Crippen molar-refractivity contribution in [2.75, 3.05) is 0 Å². The predicted molar refractivity (Wildman–Crippen MR) is 70.3 cm³/mol. The minimum atomic E-state index is -3.42. The van der Waals surface area contributed by atoms with Crippen LogP contribution in [-0.2, 0) is 20.4 Å². The number of carboxylic acid groups (broad SMARTS) is 1. The molecule has 0 aliphatic rings. The minimum absolute atomic E-state index is 0.107. The zero-order chi connectivity index (χ0) is 13.9. The SMILES string of the molecule is Cc1cc(C)cc(CS(=O)(=O)C(C)CC(=O)O)c1. The Morgan fingerprint density at radius 1 is 1.22 bits per heavy atom. The zero-order valence-electron chi connectivity index (χ0n) is 10.8. The number of rotatable bonds is 5. The Bertz CT molecular complexity index is 526. The lowest BCUT2D eigenvalue weighted by Gasteiger charge is -2.11. The first-order valence-electron chi connectivity index (χ1n) is 5.71. The van der Waals surface area contributed by atoms with Crippen molar-refractivity contribution in [3.8, 4) is 0 Å². The lowest BCUT2D eigenvalue weighted by atomic mass is 10.1. The van der Waals surface area contributed by atoms with Crippen LogP contribution in [0, 0.1) is 13.8 Å². The van der Waals surface area contributed by atoms with Gasteiger partial charge in [0.25, 0.3) is 0 Å². The second-order valence-corrected chi connectivity index (χ2v) is 7.13. The molecule has 0 amide bonds. The first-order valence-corrected chi connectivity index (χ1v) is 7.43. The van der Waals surface area contributed by atoms with Gasteiger partial charge in [0.2, 0.25) is 0 Å². The van der Waals surface area contributed by atoms with Gasteiger partial charge in [-0.2, -0.15) is 0 Å². The molecule has 1 atom stereocenters. The number of hydrogen-bond donors (Lipinski definition) is 1. The molecular formula is C13H18O4S. The molecule has 4 nitrogen and oxygen atoms in total. The topological polar surface area (TPSA) is 71.4 Å². The highest BCUT2D eigenvalue weighted by molar-refractivity contribution is 7.91. The second-order valence-electron chi connectivity index (χ2n) is 4.71. The van der Waals surface area contributed by atoms with Crippen molar-refractivity contribution in [1.29, 1.82) is 0 Å². The van der Waals surface area contributed by atoms with Gasteiger partial charge >= 0.3 is 5.97 Å². The van der Waals surface area contributed by atoms with Crippen molar-refractivity contribution in [3.05, 3.63) is 34.9 Å². The van der Waals surface area contributed by atoms with E-state index >= 15 is 0 Å². The summed E-state index contributed by atoms with van der Waals surface area (Å²) < 4.78 is 24.0. The summed E-state index contributed by atoms with van der Waals surface area (Å²) in [5, 5.41) is 7.77. The van der Waals surface area contributed by atoms with Crippen LogP contribution in [0.4, 0.5) is 0 Å². The van der Waals surface area contributed by atoms with Crippen LogP contribution in [0.3, 0.4) is 0 Å². The maximum absolute atomic E-state index is 12.0. The van der Waals surface area contributed by atoms with Crippen LogP contribution in [0.2, 0.25) is 0 Å². The molecule has 0 spiro atoms. The van der Waals surface area contributed by atoms with Crippen molar-refractivity contribution in [3.63, 3.8) is 0 Å². The second kappa shape index (κ2) is 5.52. The average molecular weight is 270 g/mol. The molecule has 0 fully saturated rings. The maximum Gasteiger partial charge on any atom is 0.304 e. The molecule has 0 aliphatic heterocycles. The molecular weight excluding hydrogens is 252 g/mol. The molecule has 0 radical (unpaired) electrons. The fourth-order valence-corrected chi connectivity index (χ4v) is 3.21. The molecule has 18 heavy (non-hydrogen) atoms. The molecule has 0 bridgehead atoms. The van der Waals surface area contributed by atoms with E-state index in [1.54, 1.807) is 0 Å². The number of aryl methyl sites for hydroxylation is 2. The van der Waals surface area contributed by atoms with Crippen molar-refractivity contribution >= 4 is 15.8 Å². The van der Waals surface area contributed by atoms with Gasteiger partial charge in [-0.3, -0.25) is 4.79 Å². The Morgan fingerprint density at radius 2 is 1.72 bits per heavy atom. The van der Waals surface area contributed by atoms with Gasteiger partial charge in [-0.25, -0.2) is 8.42 Å². The average Bonchev–Trinajstić information content (AvgIpc) is 2.13. The van der Waals surface area contributed by atoms with Crippen LogP contribution < -0.4 is 0 Å². The lowest BCUT2D eigenvalue weighted by Crippen LogP contribution is -2.22. The number of sulfone groups is 1. The summed E-state index contributed by atoms with van der Waals surface area (Å²) in [4.78, 5) is 10.6. The summed E-state index contributed by atoms with van der Waals surface area (Å²) in [6.45, 7) is 5.25. The van der Waals surface area contributed by atoms with Gasteiger partial charge in [0, 0.05) is 0 Å². The minimum Gasteiger partial charge on any atom is -0.481 e. The Hall–Kier alpha value is -1.36. The Kier molecular flexibility index (Phi) is 4.51. The fourth-order valence-electron chi connectivity index (χ4n) is 1.90. The molecule has 0 heterocycles. The molecule has 0 saturated heterocycles. The highest BCUT2D eigenvalue weighted by atomic mass is 32.2. The third-order valence-electron chi connectivity index (χ3n) is 2.72. The predicted octanol–water partition coefficient (Wildman–Crippen LogP) is 2.08. The van der Waals surface area contributed by atoms with E-state index < -0.39 is 21.1 Å². The van der Waals surface area contributed by atoms with Gasteiger partial charge in [-0.1, -0.05) is 29.3 Å². The molecule has 100 valence electrons. The van der Waals surface area contributed by atoms with E-state index in [4.69, 9.17) is 5.11 Å². The molecule has 0 saturated carbocycles. The molecule has 0 aliphatic carbocycles. The van der Waals surface area contributed by atoms with Crippen LogP contribution in [0.1, 0.15) is 30.0 Å². The quantitative estimate of drug-likeness (QED) is 0.889. The number of carboxylic acids is 1. The molecule has 1 N–H and O–H groups in total. The van der Waals surface area contributed by atoms with Gasteiger partial charge in [0.15, 0.2) is 9.84 Å². The van der Waals surface area contributed by atoms with Crippen molar-refractivity contribution in [2.24, 2.45) is 0 Å². The summed E-state index contributed by atoms with van der Waals surface area (Å²) in [5.74, 6) is -1.20. The van der Waals surface area contributed by atoms with Gasteiger partial charge in [0.05, 0.1) is 17.4 Å². The van der Waals surface area contributed by atoms with Crippen LogP contribution in [0.25, 0.3) is 0 Å². The Morgan fingerprint density at radius 3 is 2.17 bits per heavy atom. The van der Waals surface area contributed by atoms with Gasteiger partial charge in [0.1, 0.15) is 0 Å². The van der Waals surface area contributed by atoms with Crippen molar-refractivity contribution < 1.29 is 18.3 Å². The van der Waals surface area contributed by atoms with E-state index in [1.807, 2.05) is 32.0 Å². The maximum atomic E-state index is 12.0. The van der Waals surface area contributed by atoms with Gasteiger partial charge < -0.3 is 5.11 Å². The van der Waals surface area contributed by atoms with E-state index in [-0.39, 0.29) is 12.2 Å². The highest BCUT2D eigenvalue weighted by Crippen LogP contribution is 2.16. The van der Waals surface area contributed by atoms with E-state index in [0.29, 0.717) is 5.56 Å². The van der Waals surface area contributed by atoms with E-state index in [1.165, 1.54) is 6.92 Å². The fraction of sp³-hybridized carbons (Fsp3) is 0.462. The van der Waals surface area contributed by atoms with E-state index in [9.17, 15) is 13.2 Å². The lowest BCUT2D eigenvalue weighted by molar-refractivity contribution is -0.136. The summed E-state index contributed by atoms with van der Waals surface area (Å²) in [6.07, 6.45) is -0.354. The van der Waals surface area contributed by atoms with Gasteiger partial charge in [-0.15, -0.1) is 0 Å². The number of hydrogen-bond acceptors (Lipinski definition) is 3. The molecule has 1 aromatic carbocycles. The monoisotopic (exact) mass is 270 g/mol. The normalized spacial score (nSPS) is 13.3. The Balaban J connectivity index is 2.91. The first kappa shape index (κ1) is 14.7. The van der Waals surface area contributed by atoms with Crippen molar-refractivity contribution in [2.45, 2.75) is 38.2 Å². The highest BCUT2D eigenvalue weighted by Gasteiger charge is 2.23. The van der Waals surface area contributed by atoms with Crippen LogP contribution in [0.5, 0.6) is 0 Å². The molecule has 5 heteroatoms. The summed E-state index contributed by atoms with van der Waals surface area (Å²) >= 11 is 0. The molecule has 1 aromatic rings. The van der Waals surface area contributed by atoms with Crippen LogP contribution in [-0.4, -0.2) is 24.7 Å². The van der Waals surface area contributed by atoms with Crippen LogP contribution >= 0.6 is 0 Å². The summed E-state index contributed by atoms with van der Waals surface area (Å²) in [7, 11) is -3.42. The van der Waals surface area contributed by atoms with Gasteiger partial charge in [-0.05, 0) is 26.3 Å². The summed E-state index contributed by atoms with van der Waals surface area (Å²) in [5.41, 5.74) is 2.72. The first-order chi connectivity index (χ1) is 8.20.